The number of aliphatic carboxylic acids is 1. The number of fused-ring (bicyclic) bond motifs is 2. The first-order valence-corrected chi connectivity index (χ1v) is 13.1. The molecule has 0 aromatic carbocycles. The van der Waals surface area contributed by atoms with Gasteiger partial charge in [-0.3, -0.25) is 4.79 Å². The summed E-state index contributed by atoms with van der Waals surface area (Å²) >= 11 is 0. The summed E-state index contributed by atoms with van der Waals surface area (Å²) in [5, 5.41) is 32.3. The number of aliphatic hydroxyl groups is 2. The number of hydrogen-bond donors (Lipinski definition) is 3. The smallest absolute Gasteiger partial charge is 0.315 e. The Morgan fingerprint density at radius 1 is 1.23 bits per heavy atom. The fourth-order valence-corrected chi connectivity index (χ4v) is 9.34. The zero-order valence-electron chi connectivity index (χ0n) is 21.3. The van der Waals surface area contributed by atoms with Crippen molar-refractivity contribution in [3.8, 4) is 0 Å². The van der Waals surface area contributed by atoms with Crippen molar-refractivity contribution < 1.29 is 39.1 Å². The van der Waals surface area contributed by atoms with Crippen LogP contribution in [0.25, 0.3) is 0 Å². The van der Waals surface area contributed by atoms with Crippen LogP contribution in [0.2, 0.25) is 0 Å². The number of carboxylic acids is 1. The summed E-state index contributed by atoms with van der Waals surface area (Å²) in [6.07, 6.45) is 1.32. The normalized spacial score (nSPS) is 52.5. The average Bonchev–Trinajstić information content (AvgIpc) is 3.38. The van der Waals surface area contributed by atoms with E-state index >= 15 is 0 Å². The van der Waals surface area contributed by atoms with Crippen molar-refractivity contribution in [1.82, 2.24) is 0 Å². The third-order valence-electron chi connectivity index (χ3n) is 10.7. The Balaban J connectivity index is 1.57. The summed E-state index contributed by atoms with van der Waals surface area (Å²) in [4.78, 5) is 26.5. The molecule has 0 aromatic heterocycles. The summed E-state index contributed by atoms with van der Waals surface area (Å²) in [5.41, 5.74) is -2.28. The van der Waals surface area contributed by atoms with Crippen molar-refractivity contribution in [3.05, 3.63) is 11.6 Å². The van der Waals surface area contributed by atoms with Crippen LogP contribution in [0, 0.1) is 45.8 Å². The number of rotatable bonds is 7. The molecule has 12 atom stereocenters. The second-order valence-electron chi connectivity index (χ2n) is 12.2. The molecule has 0 aromatic rings. The van der Waals surface area contributed by atoms with Gasteiger partial charge in [-0.2, -0.15) is 0 Å². The fraction of sp³-hybridized carbons (Fsp3) is 0.852. The van der Waals surface area contributed by atoms with Gasteiger partial charge < -0.3 is 34.3 Å². The SMILES string of the molecule is COC1C(C)OC(OCC23C[C@@H]4[C@H](C)CC[C@H]4C4(C=O)CC2C=C(C(C)C)C34C(=O)O)[C@@H](O)[C@H]1O. The lowest BCUT2D eigenvalue weighted by Gasteiger charge is -2.58. The second-order valence-corrected chi connectivity index (χ2v) is 12.2. The van der Waals surface area contributed by atoms with E-state index in [1.807, 2.05) is 13.8 Å². The number of carbonyl (C=O) groups is 2. The standard InChI is InChI=1S/C27H40O8/c1-13(2)19-8-16-9-25(11-28)18-7-6-14(3)17(18)10-26(16,27(19,25)24(31)32)12-34-23-21(30)20(29)22(33-5)15(4)35-23/h8,11,13-18,20-23,29-30H,6-7,9-10,12H2,1-5H3,(H,31,32)/t14-,15?,16?,17-,18-,20-,21+,22?,23?,25?,26?,27?/m1/s1. The third kappa shape index (κ3) is 2.92. The molecule has 1 heterocycles. The number of carboxylic acid groups (broad SMARTS) is 1. The van der Waals surface area contributed by atoms with Gasteiger partial charge in [0.15, 0.2) is 6.29 Å². The molecule has 1 saturated heterocycles. The van der Waals surface area contributed by atoms with E-state index in [-0.39, 0.29) is 30.3 Å². The van der Waals surface area contributed by atoms with Crippen LogP contribution in [-0.2, 0) is 23.8 Å². The minimum absolute atomic E-state index is 0.0219. The molecule has 0 spiro atoms. The maximum Gasteiger partial charge on any atom is 0.315 e. The molecular formula is C27H40O8. The van der Waals surface area contributed by atoms with E-state index in [9.17, 15) is 24.9 Å². The number of hydrogen-bond acceptors (Lipinski definition) is 7. The quantitative estimate of drug-likeness (QED) is 0.366. The lowest BCUT2D eigenvalue weighted by molar-refractivity contribution is -0.306. The topological polar surface area (TPSA) is 123 Å². The molecule has 35 heavy (non-hydrogen) atoms. The van der Waals surface area contributed by atoms with Crippen LogP contribution < -0.4 is 0 Å². The van der Waals surface area contributed by atoms with Gasteiger partial charge in [-0.15, -0.1) is 0 Å². The molecule has 8 nitrogen and oxygen atoms in total. The molecule has 7 unspecified atom stereocenters. The van der Waals surface area contributed by atoms with Crippen LogP contribution in [0.5, 0.6) is 0 Å². The van der Waals surface area contributed by atoms with Gasteiger partial charge in [0.05, 0.1) is 18.1 Å². The Morgan fingerprint density at radius 3 is 2.54 bits per heavy atom. The van der Waals surface area contributed by atoms with Gasteiger partial charge in [-0.05, 0) is 55.8 Å². The highest BCUT2D eigenvalue weighted by Crippen LogP contribution is 2.82. The molecule has 8 heteroatoms. The van der Waals surface area contributed by atoms with Crippen LogP contribution in [-0.4, -0.2) is 72.0 Å². The highest BCUT2D eigenvalue weighted by atomic mass is 16.7. The number of ether oxygens (including phenoxy) is 3. The number of carbonyl (C=O) groups excluding carboxylic acids is 1. The molecular weight excluding hydrogens is 452 g/mol. The van der Waals surface area contributed by atoms with Crippen LogP contribution >= 0.6 is 0 Å². The van der Waals surface area contributed by atoms with E-state index in [0.717, 1.165) is 24.7 Å². The number of allylic oxidation sites excluding steroid dienone is 1. The van der Waals surface area contributed by atoms with Crippen LogP contribution in [0.3, 0.4) is 0 Å². The van der Waals surface area contributed by atoms with Crippen molar-refractivity contribution in [2.75, 3.05) is 13.7 Å². The highest BCUT2D eigenvalue weighted by molar-refractivity contribution is 5.90. The van der Waals surface area contributed by atoms with E-state index in [0.29, 0.717) is 18.8 Å². The van der Waals surface area contributed by atoms with Crippen LogP contribution in [0.4, 0.5) is 0 Å². The van der Waals surface area contributed by atoms with E-state index in [2.05, 4.69) is 13.0 Å². The number of aliphatic hydroxyl groups excluding tert-OH is 2. The predicted molar refractivity (Wildman–Crippen MR) is 125 cm³/mol. The minimum Gasteiger partial charge on any atom is -0.481 e. The van der Waals surface area contributed by atoms with Gasteiger partial charge in [0.25, 0.3) is 0 Å². The molecule has 5 aliphatic rings. The largest absolute Gasteiger partial charge is 0.481 e. The molecule has 4 aliphatic carbocycles. The fourth-order valence-electron chi connectivity index (χ4n) is 9.34. The maximum atomic E-state index is 13.5. The second kappa shape index (κ2) is 8.35. The number of methoxy groups -OCH3 is 1. The van der Waals surface area contributed by atoms with Crippen molar-refractivity contribution >= 4 is 12.3 Å². The zero-order chi connectivity index (χ0) is 25.5. The molecule has 196 valence electrons. The first kappa shape index (κ1) is 25.3. The van der Waals surface area contributed by atoms with Crippen molar-refractivity contribution in [1.29, 1.82) is 0 Å². The van der Waals surface area contributed by atoms with Crippen LogP contribution in [0.1, 0.15) is 53.4 Å². The molecule has 3 saturated carbocycles. The van der Waals surface area contributed by atoms with Gasteiger partial charge in [-0.1, -0.05) is 38.8 Å². The van der Waals surface area contributed by atoms with Crippen molar-refractivity contribution in [2.45, 2.75) is 84.1 Å². The Morgan fingerprint density at radius 2 is 1.94 bits per heavy atom. The summed E-state index contributed by atoms with van der Waals surface area (Å²) in [5.74, 6) is -0.358. The molecule has 4 fully saturated rings. The zero-order valence-corrected chi connectivity index (χ0v) is 21.3. The third-order valence-corrected chi connectivity index (χ3v) is 10.7. The molecule has 0 amide bonds. The lowest BCUT2D eigenvalue weighted by atomic mass is 9.43. The molecule has 1 aliphatic heterocycles. The van der Waals surface area contributed by atoms with E-state index in [4.69, 9.17) is 14.2 Å². The molecule has 0 radical (unpaired) electrons. The molecule has 3 N–H and O–H groups in total. The Kier molecular flexibility index (Phi) is 6.04. The molecule has 4 bridgehead atoms. The Labute approximate surface area is 207 Å². The number of aldehydes is 1. The summed E-state index contributed by atoms with van der Waals surface area (Å²) in [6, 6.07) is 0. The van der Waals surface area contributed by atoms with Crippen molar-refractivity contribution in [3.63, 3.8) is 0 Å². The predicted octanol–water partition coefficient (Wildman–Crippen LogP) is 2.41. The summed E-state index contributed by atoms with van der Waals surface area (Å²) in [7, 11) is 1.45. The monoisotopic (exact) mass is 492 g/mol. The van der Waals surface area contributed by atoms with Gasteiger partial charge in [0.2, 0.25) is 0 Å². The molecule has 5 rings (SSSR count). The van der Waals surface area contributed by atoms with Gasteiger partial charge >= 0.3 is 5.97 Å². The summed E-state index contributed by atoms with van der Waals surface area (Å²) in [6.45, 7) is 8.02. The highest BCUT2D eigenvalue weighted by Gasteiger charge is 2.84. The van der Waals surface area contributed by atoms with E-state index < -0.39 is 52.9 Å². The minimum atomic E-state index is -1.34. The van der Waals surface area contributed by atoms with Gasteiger partial charge in [-0.25, -0.2) is 0 Å². The summed E-state index contributed by atoms with van der Waals surface area (Å²) < 4.78 is 17.4. The average molecular weight is 493 g/mol. The van der Waals surface area contributed by atoms with E-state index in [1.165, 1.54) is 7.11 Å². The first-order chi connectivity index (χ1) is 16.5. The first-order valence-electron chi connectivity index (χ1n) is 13.1. The van der Waals surface area contributed by atoms with Gasteiger partial charge in [0, 0.05) is 12.5 Å². The van der Waals surface area contributed by atoms with Crippen molar-refractivity contribution in [2.24, 2.45) is 45.8 Å². The maximum absolute atomic E-state index is 13.5. The lowest BCUT2D eigenvalue weighted by Crippen LogP contribution is -2.64. The Hall–Kier alpha value is -1.32. The van der Waals surface area contributed by atoms with Crippen LogP contribution in [0.15, 0.2) is 11.6 Å². The van der Waals surface area contributed by atoms with Gasteiger partial charge in [0.1, 0.15) is 30.0 Å². The Bertz CT molecular complexity index is 917. The van der Waals surface area contributed by atoms with E-state index in [1.54, 1.807) is 6.92 Å².